The number of nitrogens with zero attached hydrogens (tertiary/aromatic N) is 1. The van der Waals surface area contributed by atoms with Crippen LogP contribution in [0.25, 0.3) is 10.8 Å². The summed E-state index contributed by atoms with van der Waals surface area (Å²) in [6.07, 6.45) is 2.66. The van der Waals surface area contributed by atoms with Crippen molar-refractivity contribution >= 4 is 10.8 Å². The maximum absolute atomic E-state index is 5.75. The number of benzene rings is 2. The summed E-state index contributed by atoms with van der Waals surface area (Å²) in [6, 6.07) is 20.6. The summed E-state index contributed by atoms with van der Waals surface area (Å²) >= 11 is 0. The Hall–Kier alpha value is -2.23. The lowest BCUT2D eigenvalue weighted by atomic mass is 9.99. The molecule has 3 aromatic rings. The summed E-state index contributed by atoms with van der Waals surface area (Å²) in [5, 5.41) is 2.33. The van der Waals surface area contributed by atoms with Crippen LogP contribution in [0.3, 0.4) is 0 Å². The minimum atomic E-state index is 0.00324. The molecule has 0 saturated heterocycles. The van der Waals surface area contributed by atoms with Gasteiger partial charge in [0.2, 0.25) is 0 Å². The van der Waals surface area contributed by atoms with E-state index in [9.17, 15) is 0 Å². The molecule has 3 nitrogen and oxygen atoms in total. The van der Waals surface area contributed by atoms with Crippen LogP contribution in [0.15, 0.2) is 66.9 Å². The van der Waals surface area contributed by atoms with Crippen molar-refractivity contribution in [3.63, 3.8) is 0 Å². The van der Waals surface area contributed by atoms with Crippen molar-refractivity contribution in [3.05, 3.63) is 78.1 Å². The first-order chi connectivity index (χ1) is 9.88. The second kappa shape index (κ2) is 5.82. The molecule has 100 valence electrons. The standard InChI is InChI=1S/C17H17N3/c18-20-16(12-13-6-2-1-3-7-13)17-15-9-5-4-8-14(15)10-11-19-17/h1-11,16,20H,12,18H2. The average molecular weight is 263 g/mol. The summed E-state index contributed by atoms with van der Waals surface area (Å²) < 4.78 is 0. The number of aromatic nitrogens is 1. The van der Waals surface area contributed by atoms with Crippen molar-refractivity contribution in [2.75, 3.05) is 0 Å². The van der Waals surface area contributed by atoms with E-state index in [1.807, 2.05) is 42.6 Å². The number of hydrogen-bond acceptors (Lipinski definition) is 3. The molecule has 1 heterocycles. The fourth-order valence-electron chi connectivity index (χ4n) is 2.51. The molecule has 3 heteroatoms. The highest BCUT2D eigenvalue weighted by atomic mass is 15.2. The third kappa shape index (κ3) is 2.54. The van der Waals surface area contributed by atoms with Crippen LogP contribution >= 0.6 is 0 Å². The Kier molecular flexibility index (Phi) is 3.72. The molecule has 0 bridgehead atoms. The quantitative estimate of drug-likeness (QED) is 0.562. The molecule has 20 heavy (non-hydrogen) atoms. The predicted octanol–water partition coefficient (Wildman–Crippen LogP) is 2.98. The van der Waals surface area contributed by atoms with E-state index < -0.39 is 0 Å². The third-order valence-electron chi connectivity index (χ3n) is 3.52. The molecule has 0 aliphatic heterocycles. The third-order valence-corrected chi connectivity index (χ3v) is 3.52. The number of nitrogens with two attached hydrogens (primary N) is 1. The van der Waals surface area contributed by atoms with Gasteiger partial charge in [-0.2, -0.15) is 0 Å². The van der Waals surface area contributed by atoms with Gasteiger partial charge in [0.25, 0.3) is 0 Å². The maximum Gasteiger partial charge on any atom is 0.0678 e. The number of hydrogen-bond donors (Lipinski definition) is 2. The van der Waals surface area contributed by atoms with Crippen molar-refractivity contribution in [1.29, 1.82) is 0 Å². The van der Waals surface area contributed by atoms with Crippen LogP contribution in [0, 0.1) is 0 Å². The number of rotatable bonds is 4. The number of hydrazine groups is 1. The van der Waals surface area contributed by atoms with E-state index in [2.05, 4.69) is 34.7 Å². The molecule has 1 aromatic heterocycles. The van der Waals surface area contributed by atoms with Gasteiger partial charge in [-0.25, -0.2) is 0 Å². The molecular formula is C17H17N3. The van der Waals surface area contributed by atoms with Crippen LogP contribution in [0.4, 0.5) is 0 Å². The molecule has 1 atom stereocenters. The van der Waals surface area contributed by atoms with Crippen LogP contribution in [0.1, 0.15) is 17.3 Å². The monoisotopic (exact) mass is 263 g/mol. The number of nitrogens with one attached hydrogen (secondary N) is 1. The fraction of sp³-hybridized carbons (Fsp3) is 0.118. The van der Waals surface area contributed by atoms with Gasteiger partial charge in [-0.15, -0.1) is 0 Å². The van der Waals surface area contributed by atoms with Crippen molar-refractivity contribution in [2.45, 2.75) is 12.5 Å². The van der Waals surface area contributed by atoms with Gasteiger partial charge in [-0.1, -0.05) is 54.6 Å². The van der Waals surface area contributed by atoms with Gasteiger partial charge < -0.3 is 0 Å². The Morgan fingerprint density at radius 3 is 2.50 bits per heavy atom. The Morgan fingerprint density at radius 1 is 0.950 bits per heavy atom. The van der Waals surface area contributed by atoms with Crippen LogP contribution in [0.2, 0.25) is 0 Å². The summed E-state index contributed by atoms with van der Waals surface area (Å²) in [7, 11) is 0. The maximum atomic E-state index is 5.75. The minimum absolute atomic E-state index is 0.00324. The molecule has 0 radical (unpaired) electrons. The van der Waals surface area contributed by atoms with E-state index in [1.165, 1.54) is 10.9 Å². The van der Waals surface area contributed by atoms with Crippen LogP contribution < -0.4 is 11.3 Å². The number of fused-ring (bicyclic) bond motifs is 1. The van der Waals surface area contributed by atoms with E-state index in [4.69, 9.17) is 5.84 Å². The van der Waals surface area contributed by atoms with Gasteiger partial charge in [0.05, 0.1) is 11.7 Å². The normalized spacial score (nSPS) is 12.4. The SMILES string of the molecule is NNC(Cc1ccccc1)c1nccc2ccccc12. The van der Waals surface area contributed by atoms with E-state index in [0.29, 0.717) is 0 Å². The van der Waals surface area contributed by atoms with Gasteiger partial charge >= 0.3 is 0 Å². The molecule has 1 unspecified atom stereocenters. The van der Waals surface area contributed by atoms with Gasteiger partial charge in [-0.3, -0.25) is 16.3 Å². The van der Waals surface area contributed by atoms with Crippen molar-refractivity contribution in [3.8, 4) is 0 Å². The van der Waals surface area contributed by atoms with Crippen molar-refractivity contribution in [2.24, 2.45) is 5.84 Å². The first-order valence-corrected chi connectivity index (χ1v) is 6.72. The lowest BCUT2D eigenvalue weighted by Crippen LogP contribution is -2.30. The van der Waals surface area contributed by atoms with Gasteiger partial charge in [-0.05, 0) is 23.4 Å². The zero-order chi connectivity index (χ0) is 13.8. The van der Waals surface area contributed by atoms with Crippen LogP contribution in [-0.4, -0.2) is 4.98 Å². The molecule has 3 rings (SSSR count). The molecule has 0 aliphatic rings. The predicted molar refractivity (Wildman–Crippen MR) is 82.0 cm³/mol. The van der Waals surface area contributed by atoms with Crippen LogP contribution in [0.5, 0.6) is 0 Å². The second-order valence-electron chi connectivity index (χ2n) is 4.83. The molecule has 2 aromatic carbocycles. The zero-order valence-electron chi connectivity index (χ0n) is 11.2. The summed E-state index contributed by atoms with van der Waals surface area (Å²) in [5.41, 5.74) is 5.13. The smallest absolute Gasteiger partial charge is 0.0678 e. The largest absolute Gasteiger partial charge is 0.271 e. The van der Waals surface area contributed by atoms with Gasteiger partial charge in [0.1, 0.15) is 0 Å². The Labute approximate surface area is 118 Å². The van der Waals surface area contributed by atoms with Gasteiger partial charge in [0, 0.05) is 11.6 Å². The Morgan fingerprint density at radius 2 is 1.70 bits per heavy atom. The summed E-state index contributed by atoms with van der Waals surface area (Å²) in [5.74, 6) is 5.75. The lowest BCUT2D eigenvalue weighted by Gasteiger charge is -2.17. The summed E-state index contributed by atoms with van der Waals surface area (Å²) in [4.78, 5) is 4.53. The molecule has 0 aliphatic carbocycles. The minimum Gasteiger partial charge on any atom is -0.271 e. The Bertz CT molecular complexity index is 689. The number of pyridine rings is 1. The van der Waals surface area contributed by atoms with Crippen molar-refractivity contribution < 1.29 is 0 Å². The van der Waals surface area contributed by atoms with E-state index >= 15 is 0 Å². The first-order valence-electron chi connectivity index (χ1n) is 6.72. The topological polar surface area (TPSA) is 50.9 Å². The lowest BCUT2D eigenvalue weighted by molar-refractivity contribution is 0.543. The highest BCUT2D eigenvalue weighted by Crippen LogP contribution is 2.24. The Balaban J connectivity index is 1.99. The second-order valence-corrected chi connectivity index (χ2v) is 4.83. The molecule has 3 N–H and O–H groups in total. The first kappa shape index (κ1) is 12.8. The van der Waals surface area contributed by atoms with Crippen molar-refractivity contribution in [1.82, 2.24) is 10.4 Å². The zero-order valence-corrected chi connectivity index (χ0v) is 11.2. The van der Waals surface area contributed by atoms with Gasteiger partial charge in [0.15, 0.2) is 0 Å². The molecule has 0 fully saturated rings. The highest BCUT2D eigenvalue weighted by molar-refractivity contribution is 5.84. The molecular weight excluding hydrogens is 246 g/mol. The van der Waals surface area contributed by atoms with E-state index in [0.717, 1.165) is 17.5 Å². The average Bonchev–Trinajstić information content (AvgIpc) is 2.53. The molecule has 0 amide bonds. The van der Waals surface area contributed by atoms with Crippen LogP contribution in [-0.2, 0) is 6.42 Å². The molecule has 0 saturated carbocycles. The fourth-order valence-corrected chi connectivity index (χ4v) is 2.51. The highest BCUT2D eigenvalue weighted by Gasteiger charge is 2.14. The molecule has 0 spiro atoms. The summed E-state index contributed by atoms with van der Waals surface area (Å²) in [6.45, 7) is 0. The van der Waals surface area contributed by atoms with E-state index in [1.54, 1.807) is 0 Å². The van der Waals surface area contributed by atoms with E-state index in [-0.39, 0.29) is 6.04 Å².